The molecular formula is C25H24ClF2N5O3. The number of pyridine rings is 1. The molecule has 0 saturated carbocycles. The monoisotopic (exact) mass is 515 g/mol. The highest BCUT2D eigenvalue weighted by atomic mass is 35.5. The van der Waals surface area contributed by atoms with Gasteiger partial charge in [0, 0.05) is 42.7 Å². The first-order chi connectivity index (χ1) is 17.5. The third-order valence-corrected chi connectivity index (χ3v) is 6.21. The molecule has 0 radical (unpaired) electrons. The molecule has 0 amide bonds. The van der Waals surface area contributed by atoms with Crippen molar-refractivity contribution >= 4 is 34.1 Å². The minimum atomic E-state index is -0.715. The quantitative estimate of drug-likeness (QED) is 0.341. The summed E-state index contributed by atoms with van der Waals surface area (Å²) >= 11 is 6.63. The van der Waals surface area contributed by atoms with E-state index >= 15 is 0 Å². The minimum Gasteiger partial charge on any atom is -0.493 e. The molecule has 188 valence electrons. The number of fused-ring (bicyclic) bond motifs is 1. The van der Waals surface area contributed by atoms with Gasteiger partial charge in [0.25, 0.3) is 0 Å². The fourth-order valence-electron chi connectivity index (χ4n) is 4.01. The number of morpholine rings is 1. The lowest BCUT2D eigenvalue weighted by Crippen LogP contribution is -2.38. The highest BCUT2D eigenvalue weighted by Crippen LogP contribution is 2.40. The number of anilines is 2. The van der Waals surface area contributed by atoms with Crippen molar-refractivity contribution in [2.45, 2.75) is 0 Å². The van der Waals surface area contributed by atoms with Crippen molar-refractivity contribution in [3.63, 3.8) is 0 Å². The van der Waals surface area contributed by atoms with E-state index < -0.39 is 11.6 Å². The van der Waals surface area contributed by atoms with E-state index in [0.29, 0.717) is 51.2 Å². The number of hydrogen-bond acceptors (Lipinski definition) is 7. The molecule has 0 atom stereocenters. The molecule has 0 unspecified atom stereocenters. The number of H-pyrrole nitrogens is 1. The molecule has 0 aliphatic carbocycles. The maximum atomic E-state index is 14.0. The summed E-state index contributed by atoms with van der Waals surface area (Å²) < 4.78 is 44.1. The summed E-state index contributed by atoms with van der Waals surface area (Å²) in [6.45, 7) is 4.51. The SMILES string of the molecule is COc1cc(-c2n[nH]c3nc(Nc4ccc(F)cc4F)ccc23)c(Cl)cc1OCCN1CCOCC1. The van der Waals surface area contributed by atoms with E-state index in [0.717, 1.165) is 38.9 Å². The molecule has 5 rings (SSSR count). The fourth-order valence-corrected chi connectivity index (χ4v) is 4.25. The van der Waals surface area contributed by atoms with E-state index in [1.165, 1.54) is 12.1 Å². The Bertz CT molecular complexity index is 1380. The first-order valence-corrected chi connectivity index (χ1v) is 11.8. The molecule has 1 aliphatic rings. The van der Waals surface area contributed by atoms with E-state index in [1.54, 1.807) is 31.4 Å². The van der Waals surface area contributed by atoms with Crippen molar-refractivity contribution in [3.05, 3.63) is 59.1 Å². The second-order valence-corrected chi connectivity index (χ2v) is 8.61. The van der Waals surface area contributed by atoms with Crippen molar-refractivity contribution in [3.8, 4) is 22.8 Å². The van der Waals surface area contributed by atoms with E-state index in [9.17, 15) is 8.78 Å². The number of aromatic nitrogens is 3. The first kappa shape index (κ1) is 24.2. The molecule has 8 nitrogen and oxygen atoms in total. The Hall–Kier alpha value is -3.47. The average Bonchev–Trinajstić information content (AvgIpc) is 3.29. The van der Waals surface area contributed by atoms with Crippen LogP contribution in [-0.2, 0) is 4.74 Å². The molecule has 1 saturated heterocycles. The largest absolute Gasteiger partial charge is 0.493 e. The summed E-state index contributed by atoms with van der Waals surface area (Å²) in [4.78, 5) is 6.73. The van der Waals surface area contributed by atoms with Gasteiger partial charge in [-0.05, 0) is 30.3 Å². The Balaban J connectivity index is 1.36. The summed E-state index contributed by atoms with van der Waals surface area (Å²) in [5, 5.41) is 11.3. The molecular weight excluding hydrogens is 492 g/mol. The van der Waals surface area contributed by atoms with Crippen LogP contribution in [0.3, 0.4) is 0 Å². The van der Waals surface area contributed by atoms with Gasteiger partial charge in [0.15, 0.2) is 17.1 Å². The normalized spacial score (nSPS) is 14.2. The number of nitrogens with zero attached hydrogens (tertiary/aromatic N) is 3. The second-order valence-electron chi connectivity index (χ2n) is 8.20. The summed E-state index contributed by atoms with van der Waals surface area (Å²) in [5.74, 6) is 0.0839. The number of nitrogens with one attached hydrogen (secondary N) is 2. The Kier molecular flexibility index (Phi) is 7.17. The van der Waals surface area contributed by atoms with Crippen LogP contribution >= 0.6 is 11.6 Å². The lowest BCUT2D eigenvalue weighted by molar-refractivity contribution is 0.0321. The second kappa shape index (κ2) is 10.7. The topological polar surface area (TPSA) is 84.5 Å². The maximum Gasteiger partial charge on any atom is 0.162 e. The predicted molar refractivity (Wildman–Crippen MR) is 133 cm³/mol. The third kappa shape index (κ3) is 5.20. The van der Waals surface area contributed by atoms with E-state index in [2.05, 4.69) is 25.4 Å². The molecule has 2 aromatic heterocycles. The van der Waals surface area contributed by atoms with Gasteiger partial charge in [-0.25, -0.2) is 13.8 Å². The zero-order valence-electron chi connectivity index (χ0n) is 19.5. The Morgan fingerprint density at radius 3 is 2.72 bits per heavy atom. The molecule has 1 aliphatic heterocycles. The number of halogens is 3. The van der Waals surface area contributed by atoms with Crippen LogP contribution in [0.4, 0.5) is 20.3 Å². The van der Waals surface area contributed by atoms with Gasteiger partial charge in [-0.3, -0.25) is 10.00 Å². The summed E-state index contributed by atoms with van der Waals surface area (Å²) in [5.41, 5.74) is 1.81. The number of aromatic amines is 1. The molecule has 1 fully saturated rings. The zero-order valence-corrected chi connectivity index (χ0v) is 20.2. The van der Waals surface area contributed by atoms with E-state index in [1.807, 2.05) is 0 Å². The number of ether oxygens (including phenoxy) is 3. The Morgan fingerprint density at radius 1 is 1.11 bits per heavy atom. The smallest absolute Gasteiger partial charge is 0.162 e. The van der Waals surface area contributed by atoms with E-state index in [-0.39, 0.29) is 5.69 Å². The van der Waals surface area contributed by atoms with Crippen LogP contribution in [0.15, 0.2) is 42.5 Å². The third-order valence-electron chi connectivity index (χ3n) is 5.90. The number of hydrogen-bond donors (Lipinski definition) is 2. The van der Waals surface area contributed by atoms with Crippen LogP contribution < -0.4 is 14.8 Å². The van der Waals surface area contributed by atoms with Gasteiger partial charge >= 0.3 is 0 Å². The standard InChI is InChI=1S/C25H24ClF2N5O3/c1-34-21-13-17(18(26)14-22(21)36-11-8-33-6-9-35-10-7-33)24-16-3-5-23(30-25(16)32-31-24)29-20-4-2-15(27)12-19(20)28/h2-5,12-14H,6-11H2,1H3,(H2,29,30,31,32). The van der Waals surface area contributed by atoms with Gasteiger partial charge in [-0.15, -0.1) is 0 Å². The molecule has 2 aromatic carbocycles. The van der Waals surface area contributed by atoms with Crippen LogP contribution in [0, 0.1) is 11.6 Å². The van der Waals surface area contributed by atoms with Crippen molar-refractivity contribution in [2.24, 2.45) is 0 Å². The lowest BCUT2D eigenvalue weighted by Gasteiger charge is -2.26. The fraction of sp³-hybridized carbons (Fsp3) is 0.280. The van der Waals surface area contributed by atoms with Gasteiger partial charge in [-0.2, -0.15) is 5.10 Å². The van der Waals surface area contributed by atoms with Crippen molar-refractivity contribution in [1.82, 2.24) is 20.1 Å². The number of methoxy groups -OCH3 is 1. The van der Waals surface area contributed by atoms with Gasteiger partial charge in [-0.1, -0.05) is 11.6 Å². The molecule has 2 N–H and O–H groups in total. The average molecular weight is 516 g/mol. The number of benzene rings is 2. The van der Waals surface area contributed by atoms with Crippen LogP contribution in [0.2, 0.25) is 5.02 Å². The van der Waals surface area contributed by atoms with Crippen LogP contribution in [0.1, 0.15) is 0 Å². The predicted octanol–water partition coefficient (Wildman–Crippen LogP) is 5.02. The molecule has 4 aromatic rings. The zero-order chi connectivity index (χ0) is 25.1. The van der Waals surface area contributed by atoms with Crippen molar-refractivity contribution in [1.29, 1.82) is 0 Å². The van der Waals surface area contributed by atoms with E-state index in [4.69, 9.17) is 25.8 Å². The first-order valence-electron chi connectivity index (χ1n) is 11.4. The minimum absolute atomic E-state index is 0.111. The Labute approximate surface area is 211 Å². The Morgan fingerprint density at radius 2 is 1.94 bits per heavy atom. The van der Waals surface area contributed by atoms with Gasteiger partial charge in [0.1, 0.15) is 29.8 Å². The lowest BCUT2D eigenvalue weighted by atomic mass is 10.1. The summed E-state index contributed by atoms with van der Waals surface area (Å²) in [6.07, 6.45) is 0. The van der Waals surface area contributed by atoms with Gasteiger partial charge < -0.3 is 19.5 Å². The highest BCUT2D eigenvalue weighted by molar-refractivity contribution is 6.33. The molecule has 11 heteroatoms. The van der Waals surface area contributed by atoms with Crippen molar-refractivity contribution in [2.75, 3.05) is 51.9 Å². The van der Waals surface area contributed by atoms with Crippen LogP contribution in [0.25, 0.3) is 22.3 Å². The van der Waals surface area contributed by atoms with Crippen molar-refractivity contribution < 1.29 is 23.0 Å². The summed E-state index contributed by atoms with van der Waals surface area (Å²) in [7, 11) is 1.57. The number of rotatable bonds is 8. The maximum absolute atomic E-state index is 14.0. The molecule has 36 heavy (non-hydrogen) atoms. The van der Waals surface area contributed by atoms with Crippen LogP contribution in [0.5, 0.6) is 11.5 Å². The molecule has 0 bridgehead atoms. The van der Waals surface area contributed by atoms with Gasteiger partial charge in [0.05, 0.1) is 31.0 Å². The molecule has 3 heterocycles. The molecule has 0 spiro atoms. The van der Waals surface area contributed by atoms with Crippen LogP contribution in [-0.4, -0.2) is 66.6 Å². The van der Waals surface area contributed by atoms with Gasteiger partial charge in [0.2, 0.25) is 0 Å². The summed E-state index contributed by atoms with van der Waals surface area (Å²) in [6, 6.07) is 10.3. The highest BCUT2D eigenvalue weighted by Gasteiger charge is 2.18.